The summed E-state index contributed by atoms with van der Waals surface area (Å²) in [5.41, 5.74) is 1.65. The first-order valence-electron chi connectivity index (χ1n) is 7.36. The maximum Gasteiger partial charge on any atom is 0.410 e. The monoisotopic (exact) mass is 308 g/mol. The number of hydrogen-bond donors (Lipinski definition) is 0. The van der Waals surface area contributed by atoms with Crippen molar-refractivity contribution in [3.63, 3.8) is 0 Å². The third-order valence-electron chi connectivity index (χ3n) is 3.50. The van der Waals surface area contributed by atoms with Gasteiger partial charge in [-0.05, 0) is 27.7 Å². The minimum Gasteiger partial charge on any atom is -0.444 e. The zero-order valence-electron chi connectivity index (χ0n) is 14.1. The van der Waals surface area contributed by atoms with Gasteiger partial charge in [0, 0.05) is 26.2 Å². The standard InChI is InChI=1S/C15H24N4O3/c1-10-11-9-18(14(21)22-15(2,3)4)7-8-19(11)16-12(10)13(20)17(5)6/h7-9H2,1-6H3. The van der Waals surface area contributed by atoms with E-state index in [4.69, 9.17) is 4.74 Å². The Morgan fingerprint density at radius 2 is 1.86 bits per heavy atom. The molecule has 2 rings (SSSR count). The molecule has 1 aliphatic rings. The topological polar surface area (TPSA) is 67.7 Å². The average molecular weight is 308 g/mol. The highest BCUT2D eigenvalue weighted by atomic mass is 16.6. The normalized spacial score (nSPS) is 14.5. The summed E-state index contributed by atoms with van der Waals surface area (Å²) in [7, 11) is 3.40. The van der Waals surface area contributed by atoms with Crippen molar-refractivity contribution in [1.82, 2.24) is 19.6 Å². The predicted octanol–water partition coefficient (Wildman–Crippen LogP) is 1.64. The zero-order chi connectivity index (χ0) is 16.7. The van der Waals surface area contributed by atoms with Crippen LogP contribution < -0.4 is 0 Å². The van der Waals surface area contributed by atoms with Crippen molar-refractivity contribution in [2.75, 3.05) is 20.6 Å². The molecule has 7 nitrogen and oxygen atoms in total. The number of carbonyl (C=O) groups is 2. The van der Waals surface area contributed by atoms with Crippen LogP contribution in [0.5, 0.6) is 0 Å². The Morgan fingerprint density at radius 3 is 2.41 bits per heavy atom. The van der Waals surface area contributed by atoms with Crippen LogP contribution >= 0.6 is 0 Å². The number of rotatable bonds is 1. The summed E-state index contributed by atoms with van der Waals surface area (Å²) in [6, 6.07) is 0. The van der Waals surface area contributed by atoms with E-state index in [0.29, 0.717) is 25.3 Å². The van der Waals surface area contributed by atoms with E-state index in [1.165, 1.54) is 4.90 Å². The van der Waals surface area contributed by atoms with E-state index in [0.717, 1.165) is 11.3 Å². The molecule has 0 saturated carbocycles. The second-order valence-corrected chi connectivity index (χ2v) is 6.74. The average Bonchev–Trinajstić information content (AvgIpc) is 2.72. The van der Waals surface area contributed by atoms with Gasteiger partial charge in [-0.15, -0.1) is 0 Å². The molecule has 0 bridgehead atoms. The first-order valence-corrected chi connectivity index (χ1v) is 7.36. The van der Waals surface area contributed by atoms with Crippen LogP contribution in [0.15, 0.2) is 0 Å². The van der Waals surface area contributed by atoms with Gasteiger partial charge in [0.25, 0.3) is 5.91 Å². The van der Waals surface area contributed by atoms with E-state index < -0.39 is 5.60 Å². The fourth-order valence-electron chi connectivity index (χ4n) is 2.34. The molecule has 2 heterocycles. The lowest BCUT2D eigenvalue weighted by Gasteiger charge is -2.30. The van der Waals surface area contributed by atoms with Crippen LogP contribution in [0.3, 0.4) is 0 Å². The number of aromatic nitrogens is 2. The van der Waals surface area contributed by atoms with Crippen molar-refractivity contribution in [2.24, 2.45) is 0 Å². The van der Waals surface area contributed by atoms with Gasteiger partial charge in [-0.2, -0.15) is 5.10 Å². The fraction of sp³-hybridized carbons (Fsp3) is 0.667. The van der Waals surface area contributed by atoms with Crippen molar-refractivity contribution in [3.05, 3.63) is 17.0 Å². The first-order chi connectivity index (χ1) is 10.1. The first kappa shape index (κ1) is 16.3. The van der Waals surface area contributed by atoms with Gasteiger partial charge in [0.15, 0.2) is 5.69 Å². The van der Waals surface area contributed by atoms with Gasteiger partial charge in [-0.3, -0.25) is 9.48 Å². The minimum atomic E-state index is -0.518. The number of hydrogen-bond acceptors (Lipinski definition) is 4. The molecule has 0 unspecified atom stereocenters. The van der Waals surface area contributed by atoms with Crippen molar-refractivity contribution < 1.29 is 14.3 Å². The fourth-order valence-corrected chi connectivity index (χ4v) is 2.34. The molecule has 1 aromatic rings. The highest BCUT2D eigenvalue weighted by Crippen LogP contribution is 2.22. The second-order valence-electron chi connectivity index (χ2n) is 6.74. The Bertz CT molecular complexity index is 599. The van der Waals surface area contributed by atoms with E-state index in [1.807, 2.05) is 32.4 Å². The summed E-state index contributed by atoms with van der Waals surface area (Å²) in [4.78, 5) is 27.5. The molecular weight excluding hydrogens is 284 g/mol. The predicted molar refractivity (Wildman–Crippen MR) is 81.6 cm³/mol. The third kappa shape index (κ3) is 3.23. The summed E-state index contributed by atoms with van der Waals surface area (Å²) in [5, 5.41) is 4.39. The van der Waals surface area contributed by atoms with Gasteiger partial charge in [0.05, 0.1) is 18.8 Å². The molecule has 0 atom stereocenters. The molecule has 0 aromatic carbocycles. The molecule has 0 fully saturated rings. The molecule has 0 aliphatic carbocycles. The van der Waals surface area contributed by atoms with Crippen LogP contribution in [0, 0.1) is 6.92 Å². The molecule has 0 saturated heterocycles. The van der Waals surface area contributed by atoms with Gasteiger partial charge < -0.3 is 14.5 Å². The Hall–Kier alpha value is -2.05. The van der Waals surface area contributed by atoms with Gasteiger partial charge in [-0.1, -0.05) is 0 Å². The lowest BCUT2D eigenvalue weighted by Crippen LogP contribution is -2.41. The van der Waals surface area contributed by atoms with E-state index in [-0.39, 0.29) is 12.0 Å². The maximum atomic E-state index is 12.2. The number of carbonyl (C=O) groups excluding carboxylic acids is 2. The molecule has 2 amide bonds. The van der Waals surface area contributed by atoms with Crippen LogP contribution in [-0.4, -0.2) is 57.8 Å². The van der Waals surface area contributed by atoms with Crippen LogP contribution in [0.25, 0.3) is 0 Å². The molecule has 0 radical (unpaired) electrons. The second kappa shape index (κ2) is 5.62. The molecule has 1 aromatic heterocycles. The van der Waals surface area contributed by atoms with Crippen molar-refractivity contribution in [2.45, 2.75) is 46.4 Å². The van der Waals surface area contributed by atoms with Crippen LogP contribution in [0.2, 0.25) is 0 Å². The Labute approximate surface area is 130 Å². The lowest BCUT2D eigenvalue weighted by molar-refractivity contribution is 0.0193. The number of amides is 2. The highest BCUT2D eigenvalue weighted by Gasteiger charge is 2.30. The van der Waals surface area contributed by atoms with E-state index in [9.17, 15) is 9.59 Å². The quantitative estimate of drug-likeness (QED) is 0.791. The SMILES string of the molecule is Cc1c(C(=O)N(C)C)nn2c1CN(C(=O)OC(C)(C)C)CC2. The summed E-state index contributed by atoms with van der Waals surface area (Å²) in [6.07, 6.45) is -0.333. The molecule has 22 heavy (non-hydrogen) atoms. The minimum absolute atomic E-state index is 0.122. The van der Waals surface area contributed by atoms with Gasteiger partial charge in [0.2, 0.25) is 0 Å². The van der Waals surface area contributed by atoms with Crippen LogP contribution in [-0.2, 0) is 17.8 Å². The molecule has 7 heteroatoms. The van der Waals surface area contributed by atoms with Gasteiger partial charge in [0.1, 0.15) is 5.60 Å². The number of fused-ring (bicyclic) bond motifs is 1. The van der Waals surface area contributed by atoms with E-state index in [2.05, 4.69) is 5.10 Å². The third-order valence-corrected chi connectivity index (χ3v) is 3.50. The van der Waals surface area contributed by atoms with Crippen LogP contribution in [0.4, 0.5) is 4.79 Å². The maximum absolute atomic E-state index is 12.2. The van der Waals surface area contributed by atoms with Gasteiger partial charge >= 0.3 is 6.09 Å². The Kier molecular flexibility index (Phi) is 4.17. The largest absolute Gasteiger partial charge is 0.444 e. The summed E-state index contributed by atoms with van der Waals surface area (Å²) in [6.45, 7) is 8.91. The smallest absolute Gasteiger partial charge is 0.410 e. The number of nitrogens with zero attached hydrogens (tertiary/aromatic N) is 4. The lowest BCUT2D eigenvalue weighted by atomic mass is 10.1. The molecule has 0 N–H and O–H groups in total. The highest BCUT2D eigenvalue weighted by molar-refractivity contribution is 5.93. The summed E-state index contributed by atoms with van der Waals surface area (Å²) < 4.78 is 7.22. The molecule has 122 valence electrons. The Morgan fingerprint density at radius 1 is 1.23 bits per heavy atom. The van der Waals surface area contributed by atoms with Crippen molar-refractivity contribution in [1.29, 1.82) is 0 Å². The molecule has 1 aliphatic heterocycles. The van der Waals surface area contributed by atoms with Gasteiger partial charge in [-0.25, -0.2) is 4.79 Å². The van der Waals surface area contributed by atoms with Crippen LogP contribution in [0.1, 0.15) is 42.5 Å². The summed E-state index contributed by atoms with van der Waals surface area (Å²) in [5.74, 6) is -0.122. The number of ether oxygens (including phenoxy) is 1. The molecule has 0 spiro atoms. The van der Waals surface area contributed by atoms with Crippen molar-refractivity contribution >= 4 is 12.0 Å². The van der Waals surface area contributed by atoms with E-state index in [1.54, 1.807) is 19.0 Å². The summed E-state index contributed by atoms with van der Waals surface area (Å²) >= 11 is 0. The van der Waals surface area contributed by atoms with Crippen molar-refractivity contribution in [3.8, 4) is 0 Å². The molecular formula is C15H24N4O3. The zero-order valence-corrected chi connectivity index (χ0v) is 14.1. The van der Waals surface area contributed by atoms with E-state index >= 15 is 0 Å². The Balaban J connectivity index is 2.21.